The molecule has 0 radical (unpaired) electrons. The Hall–Kier alpha value is -2.68. The van der Waals surface area contributed by atoms with Crippen molar-refractivity contribution in [1.82, 2.24) is 10.6 Å². The molecule has 0 aliphatic carbocycles. The smallest absolute Gasteiger partial charge is 0.328 e. The molecule has 0 rings (SSSR count). The van der Waals surface area contributed by atoms with E-state index >= 15 is 0 Å². The van der Waals surface area contributed by atoms with E-state index in [4.69, 9.17) is 14.9 Å². The summed E-state index contributed by atoms with van der Waals surface area (Å²) in [6.07, 6.45) is 33.9. The van der Waals surface area contributed by atoms with Gasteiger partial charge in [-0.15, -0.1) is 0 Å². The van der Waals surface area contributed by atoms with E-state index in [0.717, 1.165) is 77.0 Å². The summed E-state index contributed by atoms with van der Waals surface area (Å²) < 4.78 is 5.85. The maximum Gasteiger partial charge on any atom is 0.328 e. The summed E-state index contributed by atoms with van der Waals surface area (Å²) in [5.74, 6) is -2.40. The number of carbonyl (C=O) groups excluding carboxylic acids is 3. The molecule has 0 aromatic heterocycles. The van der Waals surface area contributed by atoms with Gasteiger partial charge in [0, 0.05) is 12.8 Å². The summed E-state index contributed by atoms with van der Waals surface area (Å²) in [5, 5.41) is 22.4. The van der Waals surface area contributed by atoms with Gasteiger partial charge in [0.2, 0.25) is 11.8 Å². The number of carbonyl (C=O) groups is 4. The number of nitrogens with one attached hydrogen (secondary N) is 2. The minimum atomic E-state index is -1.39. The molecule has 2 atom stereocenters. The Morgan fingerprint density at radius 2 is 1.15 bits per heavy atom. The fourth-order valence-corrected chi connectivity index (χ4v) is 5.27. The lowest BCUT2D eigenvalue weighted by Crippen LogP contribution is -2.47. The van der Waals surface area contributed by atoms with Crippen molar-refractivity contribution in [3.8, 4) is 0 Å². The second-order valence-electron chi connectivity index (χ2n) is 12.7. The zero-order chi connectivity index (χ0) is 34.8. The molecule has 4 N–H and O–H groups in total. The lowest BCUT2D eigenvalue weighted by atomic mass is 10.0. The number of hydrogen-bond donors (Lipinski definition) is 4. The van der Waals surface area contributed by atoms with Crippen LogP contribution >= 0.6 is 0 Å². The highest BCUT2D eigenvalue weighted by Crippen LogP contribution is 2.17. The van der Waals surface area contributed by atoms with Gasteiger partial charge in [-0.05, 0) is 70.6 Å². The molecule has 2 unspecified atom stereocenters. The number of rotatable bonds is 33. The van der Waals surface area contributed by atoms with Crippen molar-refractivity contribution in [2.24, 2.45) is 0 Å². The second kappa shape index (κ2) is 33.2. The van der Waals surface area contributed by atoms with Gasteiger partial charge in [-0.25, -0.2) is 4.79 Å². The van der Waals surface area contributed by atoms with Crippen LogP contribution in [0.3, 0.4) is 0 Å². The summed E-state index contributed by atoms with van der Waals surface area (Å²) in [7, 11) is 0. The van der Waals surface area contributed by atoms with E-state index < -0.39 is 24.5 Å². The largest absolute Gasteiger partial charge is 0.480 e. The summed E-state index contributed by atoms with van der Waals surface area (Å²) in [5.41, 5.74) is 0. The molecule has 0 bridgehead atoms. The third-order valence-electron chi connectivity index (χ3n) is 8.20. The van der Waals surface area contributed by atoms with Crippen molar-refractivity contribution >= 4 is 23.8 Å². The van der Waals surface area contributed by atoms with Crippen molar-refractivity contribution in [2.45, 2.75) is 180 Å². The number of aliphatic carboxylic acids is 1. The number of esters is 1. The second-order valence-corrected chi connectivity index (χ2v) is 12.7. The summed E-state index contributed by atoms with van der Waals surface area (Å²) >= 11 is 0. The van der Waals surface area contributed by atoms with Crippen LogP contribution in [0.25, 0.3) is 0 Å². The van der Waals surface area contributed by atoms with Crippen LogP contribution in [0.15, 0.2) is 24.3 Å². The lowest BCUT2D eigenvalue weighted by Gasteiger charge is -2.18. The highest BCUT2D eigenvalue weighted by molar-refractivity contribution is 5.87. The van der Waals surface area contributed by atoms with Gasteiger partial charge in [0.1, 0.15) is 12.1 Å². The zero-order valence-electron chi connectivity index (χ0n) is 29.8. The van der Waals surface area contributed by atoms with Gasteiger partial charge >= 0.3 is 11.9 Å². The number of unbranched alkanes of at least 4 members (excludes halogenated alkanes) is 15. The number of hydrogen-bond acceptors (Lipinski definition) is 6. The van der Waals surface area contributed by atoms with Crippen LogP contribution in [0.5, 0.6) is 0 Å². The number of allylic oxidation sites excluding steroid dienone is 4. The molecule has 0 aromatic rings. The molecule has 9 nitrogen and oxygen atoms in total. The van der Waals surface area contributed by atoms with E-state index in [9.17, 15) is 19.2 Å². The van der Waals surface area contributed by atoms with Gasteiger partial charge in [-0.3, -0.25) is 14.4 Å². The van der Waals surface area contributed by atoms with Crippen LogP contribution < -0.4 is 10.6 Å². The summed E-state index contributed by atoms with van der Waals surface area (Å²) in [6, 6.07) is -1.39. The lowest BCUT2D eigenvalue weighted by molar-refractivity contribution is -0.150. The van der Waals surface area contributed by atoms with E-state index in [2.05, 4.69) is 48.8 Å². The van der Waals surface area contributed by atoms with Gasteiger partial charge in [0.05, 0.1) is 13.2 Å². The van der Waals surface area contributed by atoms with E-state index in [-0.39, 0.29) is 30.9 Å². The van der Waals surface area contributed by atoms with Gasteiger partial charge in [-0.1, -0.05) is 109 Å². The van der Waals surface area contributed by atoms with E-state index in [0.29, 0.717) is 12.8 Å². The molecule has 0 heterocycles. The van der Waals surface area contributed by atoms with Crippen molar-refractivity contribution in [1.29, 1.82) is 0 Å². The predicted molar refractivity (Wildman–Crippen MR) is 190 cm³/mol. The van der Waals surface area contributed by atoms with Gasteiger partial charge < -0.3 is 25.6 Å². The monoisotopic (exact) mass is 665 g/mol. The molecule has 9 heteroatoms. The van der Waals surface area contributed by atoms with E-state index in [1.54, 1.807) is 0 Å². The van der Waals surface area contributed by atoms with Crippen LogP contribution in [0.1, 0.15) is 168 Å². The minimum absolute atomic E-state index is 0.0825. The maximum atomic E-state index is 12.5. The van der Waals surface area contributed by atoms with Crippen LogP contribution in [0.2, 0.25) is 0 Å². The Balaban J connectivity index is 3.96. The van der Waals surface area contributed by atoms with Gasteiger partial charge in [0.25, 0.3) is 0 Å². The van der Waals surface area contributed by atoms with Gasteiger partial charge in [0.15, 0.2) is 0 Å². The molecule has 0 saturated carbocycles. The van der Waals surface area contributed by atoms with Gasteiger partial charge in [-0.2, -0.15) is 0 Å². The van der Waals surface area contributed by atoms with Crippen molar-refractivity contribution in [3.05, 3.63) is 24.3 Å². The molecule has 0 fully saturated rings. The van der Waals surface area contributed by atoms with Crippen LogP contribution in [0.4, 0.5) is 0 Å². The molecule has 47 heavy (non-hydrogen) atoms. The first-order valence-electron chi connectivity index (χ1n) is 18.7. The Bertz CT molecular complexity index is 859. The van der Waals surface area contributed by atoms with Crippen molar-refractivity contribution in [3.63, 3.8) is 0 Å². The highest BCUT2D eigenvalue weighted by Gasteiger charge is 2.19. The molecule has 2 amide bonds. The predicted octanol–water partition coefficient (Wildman–Crippen LogP) is 8.09. The first-order valence-corrected chi connectivity index (χ1v) is 18.7. The third-order valence-corrected chi connectivity index (χ3v) is 8.20. The normalized spacial score (nSPS) is 12.7. The minimum Gasteiger partial charge on any atom is -0.480 e. The quantitative estimate of drug-likeness (QED) is 0.0316. The SMILES string of the molecule is CCCCCC/C=C\C/C=C\CCCCCCCCCC(=O)OC(CCCCC)CCCCCC(=O)NCC(=O)NC(CO)C(=O)O. The standard InChI is InChI=1S/C38H68N2O7/c1-3-5-7-8-9-10-11-12-13-14-15-16-17-18-19-20-21-26-30-37(44)47-33(27-23-6-4-2)28-24-22-25-29-35(42)39-31-36(43)40-34(32-41)38(45)46/h10-11,13-14,33-34,41H,3-9,12,15-32H2,1-2H3,(H,39,42)(H,40,43)(H,45,46)/b11-10-,14-13-. The Morgan fingerprint density at radius 3 is 1.74 bits per heavy atom. The van der Waals surface area contributed by atoms with Crippen LogP contribution in [0, 0.1) is 0 Å². The fraction of sp³-hybridized carbons (Fsp3) is 0.789. The average molecular weight is 665 g/mol. The molecular weight excluding hydrogens is 596 g/mol. The maximum absolute atomic E-state index is 12.5. The number of aliphatic hydroxyl groups is 1. The van der Waals surface area contributed by atoms with Crippen molar-refractivity contribution < 1.29 is 34.1 Å². The first-order chi connectivity index (χ1) is 22.8. The molecule has 272 valence electrons. The number of aliphatic hydroxyl groups excluding tert-OH is 1. The first kappa shape index (κ1) is 44.3. The average Bonchev–Trinajstić information content (AvgIpc) is 3.05. The molecule has 0 spiro atoms. The summed E-state index contributed by atoms with van der Waals surface area (Å²) in [4.78, 5) is 47.1. The Morgan fingerprint density at radius 1 is 0.638 bits per heavy atom. The number of ether oxygens (including phenoxy) is 1. The Kier molecular flexibility index (Phi) is 31.3. The molecular formula is C38H68N2O7. The Labute approximate surface area is 285 Å². The topological polar surface area (TPSA) is 142 Å². The molecule has 0 saturated heterocycles. The molecule has 0 aromatic carbocycles. The molecule has 0 aliphatic heterocycles. The summed E-state index contributed by atoms with van der Waals surface area (Å²) in [6.45, 7) is 3.34. The number of carboxylic acids is 1. The van der Waals surface area contributed by atoms with E-state index in [1.165, 1.54) is 57.8 Å². The number of carboxylic acid groups (broad SMARTS) is 1. The third kappa shape index (κ3) is 30.4. The van der Waals surface area contributed by atoms with Crippen molar-refractivity contribution in [2.75, 3.05) is 13.2 Å². The van der Waals surface area contributed by atoms with Crippen LogP contribution in [-0.4, -0.2) is 59.3 Å². The van der Waals surface area contributed by atoms with Crippen LogP contribution in [-0.2, 0) is 23.9 Å². The molecule has 0 aliphatic rings. The highest BCUT2D eigenvalue weighted by atomic mass is 16.5. The fourth-order valence-electron chi connectivity index (χ4n) is 5.27. The zero-order valence-corrected chi connectivity index (χ0v) is 29.8. The number of amides is 2. The van der Waals surface area contributed by atoms with E-state index in [1.807, 2.05) is 0 Å².